The van der Waals surface area contributed by atoms with Crippen LogP contribution in [0.25, 0.3) is 0 Å². The molecule has 0 heterocycles. The number of aromatic hydroxyl groups is 2. The van der Waals surface area contributed by atoms with Crippen molar-refractivity contribution >= 4 is 35.3 Å². The molecule has 0 bridgehead atoms. The molecule has 0 unspecified atom stereocenters. The smallest absolute Gasteiger partial charge is 0.244 e. The van der Waals surface area contributed by atoms with E-state index in [2.05, 4.69) is 10.5 Å². The van der Waals surface area contributed by atoms with Gasteiger partial charge < -0.3 is 10.2 Å². The number of amides is 1. The van der Waals surface area contributed by atoms with Gasteiger partial charge in [0.05, 0.1) is 17.7 Å². The molecule has 0 aliphatic rings. The second-order valence-corrected chi connectivity index (χ2v) is 5.31. The van der Waals surface area contributed by atoms with Crippen molar-refractivity contribution in [3.63, 3.8) is 0 Å². The Balaban J connectivity index is 1.99. The minimum atomic E-state index is -0.366. The van der Waals surface area contributed by atoms with Gasteiger partial charge in [-0.2, -0.15) is 5.10 Å². The fourth-order valence-corrected chi connectivity index (χ4v) is 2.26. The number of rotatable bonds is 4. The van der Waals surface area contributed by atoms with Gasteiger partial charge in [0.15, 0.2) is 0 Å². The zero-order chi connectivity index (χ0) is 16.1. The summed E-state index contributed by atoms with van der Waals surface area (Å²) >= 11 is 11.6. The summed E-state index contributed by atoms with van der Waals surface area (Å²) in [6, 6.07) is 9.24. The van der Waals surface area contributed by atoms with E-state index in [1.165, 1.54) is 30.5 Å². The first-order valence-electron chi connectivity index (χ1n) is 6.23. The van der Waals surface area contributed by atoms with Crippen LogP contribution in [-0.4, -0.2) is 22.3 Å². The summed E-state index contributed by atoms with van der Waals surface area (Å²) in [5.41, 5.74) is 3.26. The summed E-state index contributed by atoms with van der Waals surface area (Å²) in [5, 5.41) is 23.2. The first kappa shape index (κ1) is 16.1. The van der Waals surface area contributed by atoms with Gasteiger partial charge in [-0.25, -0.2) is 5.43 Å². The molecule has 0 aromatic heterocycles. The molecule has 2 aromatic rings. The van der Waals surface area contributed by atoms with Crippen LogP contribution in [0.1, 0.15) is 11.1 Å². The number of phenols is 2. The van der Waals surface area contributed by atoms with Crippen LogP contribution in [0.4, 0.5) is 0 Å². The molecule has 1 amide bonds. The number of benzene rings is 2. The SMILES string of the molecule is O=C(Cc1cccc(O)c1)NN=Cc1cc(Cl)cc(Cl)c1O. The minimum Gasteiger partial charge on any atom is -0.508 e. The van der Waals surface area contributed by atoms with Gasteiger partial charge in [-0.15, -0.1) is 0 Å². The summed E-state index contributed by atoms with van der Waals surface area (Å²) in [4.78, 5) is 11.7. The van der Waals surface area contributed by atoms with E-state index in [1.54, 1.807) is 12.1 Å². The van der Waals surface area contributed by atoms with Crippen molar-refractivity contribution < 1.29 is 15.0 Å². The Morgan fingerprint density at radius 2 is 2.00 bits per heavy atom. The summed E-state index contributed by atoms with van der Waals surface area (Å²) < 4.78 is 0. The van der Waals surface area contributed by atoms with E-state index in [4.69, 9.17) is 23.2 Å². The Labute approximate surface area is 136 Å². The molecule has 2 rings (SSSR count). The van der Waals surface area contributed by atoms with Crippen molar-refractivity contribution in [1.29, 1.82) is 0 Å². The highest BCUT2D eigenvalue weighted by Gasteiger charge is 2.06. The summed E-state index contributed by atoms with van der Waals surface area (Å²) in [6.45, 7) is 0. The Morgan fingerprint density at radius 3 is 2.73 bits per heavy atom. The van der Waals surface area contributed by atoms with Crippen molar-refractivity contribution in [1.82, 2.24) is 5.43 Å². The van der Waals surface area contributed by atoms with Crippen molar-refractivity contribution in [2.75, 3.05) is 0 Å². The lowest BCUT2D eigenvalue weighted by molar-refractivity contribution is -0.120. The van der Waals surface area contributed by atoms with Crippen LogP contribution in [0.3, 0.4) is 0 Å². The van der Waals surface area contributed by atoms with Crippen LogP contribution in [0.5, 0.6) is 11.5 Å². The zero-order valence-corrected chi connectivity index (χ0v) is 12.8. The molecular formula is C15H12Cl2N2O3. The maximum atomic E-state index is 11.7. The monoisotopic (exact) mass is 338 g/mol. The highest BCUT2D eigenvalue weighted by atomic mass is 35.5. The molecule has 0 saturated carbocycles. The van der Waals surface area contributed by atoms with Crippen LogP contribution < -0.4 is 5.43 Å². The summed E-state index contributed by atoms with van der Waals surface area (Å²) in [5.74, 6) is -0.446. The molecule has 0 radical (unpaired) electrons. The first-order valence-corrected chi connectivity index (χ1v) is 6.99. The number of phenolic OH excluding ortho intramolecular Hbond substituents is 2. The predicted octanol–water partition coefficient (Wildman–Crippen LogP) is 3.10. The molecule has 0 aliphatic heterocycles. The Bertz CT molecular complexity index is 733. The third kappa shape index (κ3) is 4.38. The fraction of sp³-hybridized carbons (Fsp3) is 0.0667. The molecule has 5 nitrogen and oxygen atoms in total. The van der Waals surface area contributed by atoms with Gasteiger partial charge in [-0.3, -0.25) is 4.79 Å². The third-order valence-corrected chi connectivity index (χ3v) is 3.23. The number of carbonyl (C=O) groups excluding carboxylic acids is 1. The van der Waals surface area contributed by atoms with Gasteiger partial charge in [0.2, 0.25) is 5.91 Å². The molecule has 0 fully saturated rings. The number of carbonyl (C=O) groups is 1. The van der Waals surface area contributed by atoms with Crippen LogP contribution in [0.2, 0.25) is 10.0 Å². The van der Waals surface area contributed by atoms with Gasteiger partial charge in [-0.1, -0.05) is 35.3 Å². The van der Waals surface area contributed by atoms with E-state index in [0.29, 0.717) is 10.6 Å². The molecular weight excluding hydrogens is 327 g/mol. The first-order chi connectivity index (χ1) is 10.5. The highest BCUT2D eigenvalue weighted by molar-refractivity contribution is 6.36. The molecule has 0 saturated heterocycles. The van der Waals surface area contributed by atoms with Gasteiger partial charge in [-0.05, 0) is 29.8 Å². The number of hydrazone groups is 1. The van der Waals surface area contributed by atoms with Gasteiger partial charge in [0.25, 0.3) is 0 Å². The quantitative estimate of drug-likeness (QED) is 0.591. The normalized spacial score (nSPS) is 10.8. The summed E-state index contributed by atoms with van der Waals surface area (Å²) in [7, 11) is 0. The Hall–Kier alpha value is -2.24. The lowest BCUT2D eigenvalue weighted by atomic mass is 10.1. The second kappa shape index (κ2) is 7.15. The Morgan fingerprint density at radius 1 is 1.23 bits per heavy atom. The molecule has 0 spiro atoms. The number of hydrogen-bond donors (Lipinski definition) is 3. The number of nitrogens with zero attached hydrogens (tertiary/aromatic N) is 1. The van der Waals surface area contributed by atoms with Crippen molar-refractivity contribution in [2.24, 2.45) is 5.10 Å². The molecule has 3 N–H and O–H groups in total. The van der Waals surface area contributed by atoms with E-state index in [9.17, 15) is 15.0 Å². The van der Waals surface area contributed by atoms with Crippen LogP contribution in [0.15, 0.2) is 41.5 Å². The fourth-order valence-electron chi connectivity index (χ4n) is 1.75. The maximum absolute atomic E-state index is 11.7. The van der Waals surface area contributed by atoms with Crippen molar-refractivity contribution in [2.45, 2.75) is 6.42 Å². The van der Waals surface area contributed by atoms with E-state index >= 15 is 0 Å². The lowest BCUT2D eigenvalue weighted by Crippen LogP contribution is -2.19. The third-order valence-electron chi connectivity index (χ3n) is 2.73. The molecule has 0 atom stereocenters. The van der Waals surface area contributed by atoms with E-state index < -0.39 is 0 Å². The van der Waals surface area contributed by atoms with E-state index in [0.717, 1.165) is 0 Å². The van der Waals surface area contributed by atoms with E-state index in [1.807, 2.05) is 0 Å². The molecule has 7 heteroatoms. The van der Waals surface area contributed by atoms with Gasteiger partial charge >= 0.3 is 0 Å². The maximum Gasteiger partial charge on any atom is 0.244 e. The number of halogens is 2. The average molecular weight is 339 g/mol. The van der Waals surface area contributed by atoms with Crippen LogP contribution in [0, 0.1) is 0 Å². The van der Waals surface area contributed by atoms with Crippen molar-refractivity contribution in [3.05, 3.63) is 57.6 Å². The minimum absolute atomic E-state index is 0.0635. The molecule has 22 heavy (non-hydrogen) atoms. The van der Waals surface area contributed by atoms with E-state index in [-0.39, 0.29) is 34.4 Å². The van der Waals surface area contributed by atoms with Crippen molar-refractivity contribution in [3.8, 4) is 11.5 Å². The summed E-state index contributed by atoms with van der Waals surface area (Å²) in [6.07, 6.45) is 1.31. The number of nitrogens with one attached hydrogen (secondary N) is 1. The molecule has 0 aliphatic carbocycles. The Kier molecular flexibility index (Phi) is 5.25. The molecule has 114 valence electrons. The van der Waals surface area contributed by atoms with Crippen LogP contribution in [-0.2, 0) is 11.2 Å². The second-order valence-electron chi connectivity index (χ2n) is 4.47. The highest BCUT2D eigenvalue weighted by Crippen LogP contribution is 2.29. The average Bonchev–Trinajstić information content (AvgIpc) is 2.44. The van der Waals surface area contributed by atoms with Gasteiger partial charge in [0.1, 0.15) is 11.5 Å². The molecule has 2 aromatic carbocycles. The number of hydrogen-bond acceptors (Lipinski definition) is 4. The zero-order valence-electron chi connectivity index (χ0n) is 11.3. The topological polar surface area (TPSA) is 81.9 Å². The lowest BCUT2D eigenvalue weighted by Gasteiger charge is -2.03. The standard InChI is InChI=1S/C15H12Cl2N2O3/c16-11-6-10(15(22)13(17)7-11)8-18-19-14(21)5-9-2-1-3-12(20)4-9/h1-4,6-8,20,22H,5H2,(H,19,21). The van der Waals surface area contributed by atoms with Gasteiger partial charge in [0, 0.05) is 10.6 Å². The predicted molar refractivity (Wildman–Crippen MR) is 85.7 cm³/mol. The van der Waals surface area contributed by atoms with Crippen LogP contribution >= 0.6 is 23.2 Å². The largest absolute Gasteiger partial charge is 0.508 e.